The highest BCUT2D eigenvalue weighted by Crippen LogP contribution is 2.29. The lowest BCUT2D eigenvalue weighted by molar-refractivity contribution is -0.133. The number of methoxy groups -OCH3 is 1. The SMILES string of the molecule is COc1ccccc1CCC(=O)N1CCN(C(c2ccccc2)c2ccccc2)CC1. The van der Waals surface area contributed by atoms with Crippen molar-refractivity contribution in [3.8, 4) is 5.75 Å². The van der Waals surface area contributed by atoms with Crippen LogP contribution >= 0.6 is 0 Å². The molecule has 1 saturated heterocycles. The summed E-state index contributed by atoms with van der Waals surface area (Å²) in [5.41, 5.74) is 3.68. The lowest BCUT2D eigenvalue weighted by atomic mass is 9.96. The molecule has 3 aromatic rings. The van der Waals surface area contributed by atoms with Crippen molar-refractivity contribution in [3.05, 3.63) is 102 Å². The van der Waals surface area contributed by atoms with Gasteiger partial charge in [-0.1, -0.05) is 78.9 Å². The van der Waals surface area contributed by atoms with Gasteiger partial charge in [-0.25, -0.2) is 0 Å². The fourth-order valence-corrected chi connectivity index (χ4v) is 4.42. The average molecular weight is 415 g/mol. The Morgan fingerprint density at radius 3 is 1.94 bits per heavy atom. The van der Waals surface area contributed by atoms with Crippen LogP contribution in [-0.2, 0) is 11.2 Å². The molecule has 31 heavy (non-hydrogen) atoms. The van der Waals surface area contributed by atoms with Gasteiger partial charge in [-0.3, -0.25) is 9.69 Å². The number of aryl methyl sites for hydroxylation is 1. The first kappa shape index (κ1) is 21.1. The van der Waals surface area contributed by atoms with Crippen molar-refractivity contribution in [3.63, 3.8) is 0 Å². The lowest BCUT2D eigenvalue weighted by Gasteiger charge is -2.40. The topological polar surface area (TPSA) is 32.8 Å². The third kappa shape index (κ3) is 5.15. The van der Waals surface area contributed by atoms with Crippen LogP contribution in [0.15, 0.2) is 84.9 Å². The van der Waals surface area contributed by atoms with E-state index in [2.05, 4.69) is 65.6 Å². The summed E-state index contributed by atoms with van der Waals surface area (Å²) in [4.78, 5) is 17.4. The van der Waals surface area contributed by atoms with E-state index in [4.69, 9.17) is 4.74 Å². The molecule has 0 radical (unpaired) electrons. The van der Waals surface area contributed by atoms with Crippen LogP contribution in [0.1, 0.15) is 29.2 Å². The van der Waals surface area contributed by atoms with E-state index < -0.39 is 0 Å². The molecule has 4 nitrogen and oxygen atoms in total. The monoisotopic (exact) mass is 414 g/mol. The van der Waals surface area contributed by atoms with Gasteiger partial charge in [0.25, 0.3) is 0 Å². The van der Waals surface area contributed by atoms with Crippen LogP contribution in [0.4, 0.5) is 0 Å². The van der Waals surface area contributed by atoms with Crippen molar-refractivity contribution in [2.75, 3.05) is 33.3 Å². The number of benzene rings is 3. The van der Waals surface area contributed by atoms with Crippen molar-refractivity contribution in [1.29, 1.82) is 0 Å². The number of piperazine rings is 1. The second-order valence-corrected chi connectivity index (χ2v) is 7.95. The molecule has 0 aliphatic carbocycles. The number of hydrogen-bond acceptors (Lipinski definition) is 3. The molecule has 0 N–H and O–H groups in total. The molecular weight excluding hydrogens is 384 g/mol. The number of carbonyl (C=O) groups is 1. The second-order valence-electron chi connectivity index (χ2n) is 7.95. The van der Waals surface area contributed by atoms with Gasteiger partial charge in [0.05, 0.1) is 13.2 Å². The van der Waals surface area contributed by atoms with Crippen LogP contribution in [0.2, 0.25) is 0 Å². The molecule has 0 bridgehead atoms. The Kier molecular flexibility index (Phi) is 7.00. The van der Waals surface area contributed by atoms with Crippen LogP contribution in [-0.4, -0.2) is 49.0 Å². The lowest BCUT2D eigenvalue weighted by Crippen LogP contribution is -2.49. The smallest absolute Gasteiger partial charge is 0.222 e. The summed E-state index contributed by atoms with van der Waals surface area (Å²) in [5.74, 6) is 1.08. The van der Waals surface area contributed by atoms with E-state index in [1.165, 1.54) is 11.1 Å². The molecule has 1 heterocycles. The number of rotatable bonds is 7. The number of carbonyl (C=O) groups excluding carboxylic acids is 1. The van der Waals surface area contributed by atoms with Gasteiger partial charge in [0, 0.05) is 32.6 Å². The van der Waals surface area contributed by atoms with Crippen LogP contribution in [0.25, 0.3) is 0 Å². The minimum absolute atomic E-state index is 0.216. The number of amides is 1. The van der Waals surface area contributed by atoms with Crippen molar-refractivity contribution >= 4 is 5.91 Å². The van der Waals surface area contributed by atoms with Gasteiger partial charge in [0.15, 0.2) is 0 Å². The van der Waals surface area contributed by atoms with Crippen molar-refractivity contribution in [2.24, 2.45) is 0 Å². The molecule has 0 unspecified atom stereocenters. The molecule has 0 saturated carbocycles. The van der Waals surface area contributed by atoms with E-state index in [1.807, 2.05) is 29.2 Å². The standard InChI is InChI=1S/C27H30N2O2/c1-31-25-15-9-8-10-22(25)16-17-26(30)28-18-20-29(21-19-28)27(23-11-4-2-5-12-23)24-13-6-3-7-14-24/h2-15,27H,16-21H2,1H3. The second kappa shape index (κ2) is 10.3. The predicted molar refractivity (Wildman–Crippen MR) is 124 cm³/mol. The molecule has 1 fully saturated rings. The first-order valence-corrected chi connectivity index (χ1v) is 11.0. The minimum Gasteiger partial charge on any atom is -0.496 e. The molecule has 4 rings (SSSR count). The molecule has 4 heteroatoms. The van der Waals surface area contributed by atoms with Gasteiger partial charge >= 0.3 is 0 Å². The van der Waals surface area contributed by atoms with Crippen LogP contribution in [0.3, 0.4) is 0 Å². The summed E-state index contributed by atoms with van der Waals surface area (Å²) < 4.78 is 5.42. The molecule has 0 atom stereocenters. The van der Waals surface area contributed by atoms with E-state index in [0.717, 1.165) is 37.5 Å². The molecule has 0 aromatic heterocycles. The van der Waals surface area contributed by atoms with E-state index in [-0.39, 0.29) is 11.9 Å². The maximum absolute atomic E-state index is 12.9. The van der Waals surface area contributed by atoms with E-state index >= 15 is 0 Å². The quantitative estimate of drug-likeness (QED) is 0.568. The molecule has 1 aliphatic rings. The summed E-state index contributed by atoms with van der Waals surface area (Å²) in [5, 5.41) is 0. The number of hydrogen-bond donors (Lipinski definition) is 0. The van der Waals surface area contributed by atoms with Gasteiger partial charge in [0.1, 0.15) is 5.75 Å². The summed E-state index contributed by atoms with van der Waals surface area (Å²) >= 11 is 0. The first-order chi connectivity index (χ1) is 15.3. The maximum Gasteiger partial charge on any atom is 0.222 e. The van der Waals surface area contributed by atoms with Crippen molar-refractivity contribution < 1.29 is 9.53 Å². The molecule has 3 aromatic carbocycles. The molecular formula is C27H30N2O2. The third-order valence-corrected chi connectivity index (χ3v) is 6.06. The van der Waals surface area contributed by atoms with E-state index in [9.17, 15) is 4.79 Å². The van der Waals surface area contributed by atoms with Gasteiger partial charge in [0.2, 0.25) is 5.91 Å². The van der Waals surface area contributed by atoms with Gasteiger partial charge in [-0.15, -0.1) is 0 Å². The van der Waals surface area contributed by atoms with Crippen molar-refractivity contribution in [2.45, 2.75) is 18.9 Å². The van der Waals surface area contributed by atoms with Crippen LogP contribution < -0.4 is 4.74 Å². The Bertz CT molecular complexity index is 927. The predicted octanol–water partition coefficient (Wildman–Crippen LogP) is 4.56. The zero-order valence-electron chi connectivity index (χ0n) is 18.1. The summed E-state index contributed by atoms with van der Waals surface area (Å²) in [6.07, 6.45) is 1.22. The largest absolute Gasteiger partial charge is 0.496 e. The highest BCUT2D eigenvalue weighted by atomic mass is 16.5. The van der Waals surface area contributed by atoms with Gasteiger partial charge < -0.3 is 9.64 Å². The summed E-state index contributed by atoms with van der Waals surface area (Å²) in [6.45, 7) is 3.27. The number of para-hydroxylation sites is 1. The Balaban J connectivity index is 1.39. The fraction of sp³-hybridized carbons (Fsp3) is 0.296. The van der Waals surface area contributed by atoms with E-state index in [1.54, 1.807) is 7.11 Å². The molecule has 1 amide bonds. The summed E-state index contributed by atoms with van der Waals surface area (Å²) in [6, 6.07) is 29.5. The summed E-state index contributed by atoms with van der Waals surface area (Å²) in [7, 11) is 1.68. The molecule has 0 spiro atoms. The zero-order chi connectivity index (χ0) is 21.5. The maximum atomic E-state index is 12.9. The molecule has 160 valence electrons. The highest BCUT2D eigenvalue weighted by Gasteiger charge is 2.28. The minimum atomic E-state index is 0.216. The highest BCUT2D eigenvalue weighted by molar-refractivity contribution is 5.76. The number of ether oxygens (including phenoxy) is 1. The van der Waals surface area contributed by atoms with E-state index in [0.29, 0.717) is 12.8 Å². The Morgan fingerprint density at radius 2 is 1.35 bits per heavy atom. The molecule has 1 aliphatic heterocycles. The van der Waals surface area contributed by atoms with Gasteiger partial charge in [-0.2, -0.15) is 0 Å². The van der Waals surface area contributed by atoms with Gasteiger partial charge in [-0.05, 0) is 29.2 Å². The number of nitrogens with zero attached hydrogens (tertiary/aromatic N) is 2. The average Bonchev–Trinajstić information content (AvgIpc) is 2.84. The van der Waals surface area contributed by atoms with Crippen LogP contribution in [0, 0.1) is 0 Å². The first-order valence-electron chi connectivity index (χ1n) is 11.0. The Hall–Kier alpha value is -3.11. The fourth-order valence-electron chi connectivity index (χ4n) is 4.42. The normalized spacial score (nSPS) is 14.6. The Labute approximate surface area is 185 Å². The zero-order valence-corrected chi connectivity index (χ0v) is 18.1. The third-order valence-electron chi connectivity index (χ3n) is 6.06. The Morgan fingerprint density at radius 1 is 0.806 bits per heavy atom. The van der Waals surface area contributed by atoms with Crippen molar-refractivity contribution in [1.82, 2.24) is 9.80 Å². The van der Waals surface area contributed by atoms with Crippen LogP contribution in [0.5, 0.6) is 5.75 Å².